The molecule has 1 radical (unpaired) electrons. The second-order valence-electron chi connectivity index (χ2n) is 4.28. The predicted octanol–water partition coefficient (Wildman–Crippen LogP) is 5.07. The van der Waals surface area contributed by atoms with E-state index in [0.717, 1.165) is 11.1 Å². The minimum Gasteiger partial charge on any atom is -0.207 e. The molecule has 0 amide bonds. The lowest BCUT2D eigenvalue weighted by Crippen LogP contribution is -1.97. The average molecular weight is 248 g/mol. The average Bonchev–Trinajstić information content (AvgIpc) is 2.28. The number of benzene rings is 2. The van der Waals surface area contributed by atoms with Crippen molar-refractivity contribution >= 4 is 11.6 Å². The molecule has 0 bridgehead atoms. The molecule has 0 fully saturated rings. The first kappa shape index (κ1) is 12.1. The van der Waals surface area contributed by atoms with E-state index in [1.807, 2.05) is 32.0 Å². The van der Waals surface area contributed by atoms with E-state index in [9.17, 15) is 4.39 Å². The second-order valence-corrected chi connectivity index (χ2v) is 4.72. The van der Waals surface area contributed by atoms with Crippen molar-refractivity contribution in [3.63, 3.8) is 0 Å². The van der Waals surface area contributed by atoms with Crippen LogP contribution in [0, 0.1) is 11.9 Å². The Bertz CT molecular complexity index is 532. The molecule has 0 aliphatic heterocycles. The smallest absolute Gasteiger partial charge is 0.127 e. The maximum absolute atomic E-state index is 13.8. The van der Waals surface area contributed by atoms with Crippen LogP contribution in [-0.4, -0.2) is 0 Å². The zero-order valence-electron chi connectivity index (χ0n) is 9.80. The first-order valence-corrected chi connectivity index (χ1v) is 5.93. The normalized spacial score (nSPS) is 10.9. The van der Waals surface area contributed by atoms with Crippen molar-refractivity contribution in [2.45, 2.75) is 19.8 Å². The molecule has 0 spiro atoms. The third-order valence-electron chi connectivity index (χ3n) is 2.67. The maximum atomic E-state index is 13.8. The van der Waals surface area contributed by atoms with Gasteiger partial charge in [0.2, 0.25) is 0 Å². The lowest BCUT2D eigenvalue weighted by molar-refractivity contribution is 0.599. The highest BCUT2D eigenvalue weighted by Gasteiger charge is 2.13. The quantitative estimate of drug-likeness (QED) is 0.695. The van der Waals surface area contributed by atoms with Crippen LogP contribution in [-0.2, 0) is 0 Å². The van der Waals surface area contributed by atoms with Gasteiger partial charge in [-0.25, -0.2) is 4.39 Å². The molecule has 0 saturated heterocycles. The van der Waals surface area contributed by atoms with Gasteiger partial charge in [-0.1, -0.05) is 43.6 Å². The summed E-state index contributed by atoms with van der Waals surface area (Å²) >= 11 is 5.96. The van der Waals surface area contributed by atoms with Gasteiger partial charge in [-0.05, 0) is 46.9 Å². The summed E-state index contributed by atoms with van der Waals surface area (Å²) in [5.41, 5.74) is 2.39. The van der Waals surface area contributed by atoms with Gasteiger partial charge in [0.15, 0.2) is 0 Å². The van der Waals surface area contributed by atoms with Gasteiger partial charge in [-0.15, -0.1) is 0 Å². The Morgan fingerprint density at radius 1 is 1.24 bits per heavy atom. The summed E-state index contributed by atoms with van der Waals surface area (Å²) in [6.07, 6.45) is 0. The van der Waals surface area contributed by atoms with Crippen molar-refractivity contribution < 1.29 is 4.39 Å². The molecule has 0 aliphatic rings. The Morgan fingerprint density at radius 3 is 2.65 bits per heavy atom. The van der Waals surface area contributed by atoms with Crippen molar-refractivity contribution in [2.24, 2.45) is 0 Å². The molecule has 2 heteroatoms. The fourth-order valence-electron chi connectivity index (χ4n) is 1.93. The summed E-state index contributed by atoms with van der Waals surface area (Å²) in [5, 5.41) is 0.648. The van der Waals surface area contributed by atoms with Gasteiger partial charge in [0.25, 0.3) is 0 Å². The summed E-state index contributed by atoms with van der Waals surface area (Å²) in [6.45, 7) is 3.95. The van der Waals surface area contributed by atoms with Gasteiger partial charge in [-0.2, -0.15) is 0 Å². The summed E-state index contributed by atoms with van der Waals surface area (Å²) in [6, 6.07) is 13.6. The molecule has 2 aromatic rings. The first-order chi connectivity index (χ1) is 8.09. The Hall–Kier alpha value is -1.34. The largest absolute Gasteiger partial charge is 0.207 e. The van der Waals surface area contributed by atoms with Crippen LogP contribution in [0.4, 0.5) is 4.39 Å². The fraction of sp³-hybridized carbons (Fsp3) is 0.200. The van der Waals surface area contributed by atoms with E-state index in [4.69, 9.17) is 11.6 Å². The van der Waals surface area contributed by atoms with Crippen molar-refractivity contribution in [3.8, 4) is 11.1 Å². The Kier molecular flexibility index (Phi) is 3.49. The first-order valence-electron chi connectivity index (χ1n) is 5.55. The van der Waals surface area contributed by atoms with E-state index >= 15 is 0 Å². The molecule has 17 heavy (non-hydrogen) atoms. The van der Waals surface area contributed by atoms with Gasteiger partial charge in [0.05, 0.1) is 0 Å². The maximum Gasteiger partial charge on any atom is 0.127 e. The Balaban J connectivity index is 2.63. The van der Waals surface area contributed by atoms with Gasteiger partial charge < -0.3 is 0 Å². The van der Waals surface area contributed by atoms with Crippen LogP contribution >= 0.6 is 11.6 Å². The van der Waals surface area contributed by atoms with E-state index in [2.05, 4.69) is 6.07 Å². The van der Waals surface area contributed by atoms with Crippen LogP contribution < -0.4 is 0 Å². The van der Waals surface area contributed by atoms with Gasteiger partial charge in [0, 0.05) is 5.02 Å². The van der Waals surface area contributed by atoms with Gasteiger partial charge in [0.1, 0.15) is 5.82 Å². The summed E-state index contributed by atoms with van der Waals surface area (Å²) in [7, 11) is 0. The Morgan fingerprint density at radius 2 is 2.00 bits per heavy atom. The third kappa shape index (κ3) is 2.50. The predicted molar refractivity (Wildman–Crippen MR) is 69.8 cm³/mol. The van der Waals surface area contributed by atoms with Gasteiger partial charge in [-0.3, -0.25) is 0 Å². The summed E-state index contributed by atoms with van der Waals surface area (Å²) in [5.74, 6) is -0.0739. The lowest BCUT2D eigenvalue weighted by atomic mass is 9.92. The molecular weight excluding hydrogens is 235 g/mol. The molecule has 0 nitrogen and oxygen atoms in total. The van der Waals surface area contributed by atoms with E-state index in [-0.39, 0.29) is 11.7 Å². The van der Waals surface area contributed by atoms with E-state index < -0.39 is 0 Å². The van der Waals surface area contributed by atoms with Crippen molar-refractivity contribution in [1.82, 2.24) is 0 Å². The third-order valence-corrected chi connectivity index (χ3v) is 2.91. The monoisotopic (exact) mass is 247 g/mol. The van der Waals surface area contributed by atoms with E-state index in [1.165, 1.54) is 6.07 Å². The molecule has 0 aliphatic carbocycles. The number of rotatable bonds is 2. The second kappa shape index (κ2) is 4.89. The fourth-order valence-corrected chi connectivity index (χ4v) is 2.12. The molecule has 2 aromatic carbocycles. The van der Waals surface area contributed by atoms with Crippen molar-refractivity contribution in [1.29, 1.82) is 0 Å². The van der Waals surface area contributed by atoms with Crippen molar-refractivity contribution in [3.05, 3.63) is 58.9 Å². The molecule has 0 N–H and O–H groups in total. The highest BCUT2D eigenvalue weighted by atomic mass is 35.5. The van der Waals surface area contributed by atoms with E-state index in [1.54, 1.807) is 12.1 Å². The lowest BCUT2D eigenvalue weighted by Gasteiger charge is -2.13. The topological polar surface area (TPSA) is 0 Å². The van der Waals surface area contributed by atoms with E-state index in [0.29, 0.717) is 10.6 Å². The number of hydrogen-bond acceptors (Lipinski definition) is 0. The Labute approximate surface area is 106 Å². The number of halogens is 2. The minimum absolute atomic E-state index is 0.112. The molecule has 87 valence electrons. The van der Waals surface area contributed by atoms with Crippen LogP contribution in [0.15, 0.2) is 36.4 Å². The van der Waals surface area contributed by atoms with Gasteiger partial charge >= 0.3 is 0 Å². The van der Waals surface area contributed by atoms with Crippen LogP contribution in [0.1, 0.15) is 25.3 Å². The molecule has 0 saturated carbocycles. The van der Waals surface area contributed by atoms with Crippen LogP contribution in [0.5, 0.6) is 0 Å². The molecule has 0 heterocycles. The summed E-state index contributed by atoms with van der Waals surface area (Å²) < 4.78 is 13.8. The van der Waals surface area contributed by atoms with Crippen LogP contribution in [0.3, 0.4) is 0 Å². The zero-order valence-corrected chi connectivity index (χ0v) is 10.6. The highest BCUT2D eigenvalue weighted by molar-refractivity contribution is 6.30. The minimum atomic E-state index is -0.186. The van der Waals surface area contributed by atoms with Crippen LogP contribution in [0.2, 0.25) is 5.02 Å². The SMILES string of the molecule is CC(C)c1c(-c2cccc(Cl)c2)[c]ccc1F. The number of hydrogen-bond donors (Lipinski definition) is 0. The molecule has 0 atom stereocenters. The van der Waals surface area contributed by atoms with Crippen molar-refractivity contribution in [2.75, 3.05) is 0 Å². The summed E-state index contributed by atoms with van der Waals surface area (Å²) in [4.78, 5) is 0. The molecule has 0 aromatic heterocycles. The zero-order chi connectivity index (χ0) is 12.4. The standard InChI is InChI=1S/C15H13ClF/c1-10(2)15-13(7-4-8-14(15)17)11-5-3-6-12(16)9-11/h3-6,8-10H,1-2H3. The molecular formula is C15H13ClF. The molecule has 2 rings (SSSR count). The highest BCUT2D eigenvalue weighted by Crippen LogP contribution is 2.31. The molecule has 0 unspecified atom stereocenters. The van der Waals surface area contributed by atoms with Crippen LogP contribution in [0.25, 0.3) is 11.1 Å².